The van der Waals surface area contributed by atoms with E-state index >= 15 is 4.39 Å². The van der Waals surface area contributed by atoms with E-state index in [-0.39, 0.29) is 50.8 Å². The molecule has 2 bridgehead atoms. The number of benzene rings is 5. The van der Waals surface area contributed by atoms with E-state index in [0.717, 1.165) is 16.7 Å². The van der Waals surface area contributed by atoms with E-state index in [1.54, 1.807) is 25.1 Å². The predicted molar refractivity (Wildman–Crippen MR) is 195 cm³/mol. The Morgan fingerprint density at radius 3 is 1.89 bits per heavy atom. The lowest BCUT2D eigenvalue weighted by Gasteiger charge is -2.50. The highest BCUT2D eigenvalue weighted by Gasteiger charge is 2.69. The van der Waals surface area contributed by atoms with Gasteiger partial charge >= 0.3 is 0 Å². The first-order valence-corrected chi connectivity index (χ1v) is 18.0. The molecular formula is C43H41ClF2O7. The van der Waals surface area contributed by atoms with Crippen LogP contribution in [-0.4, -0.2) is 48.8 Å². The second-order valence-corrected chi connectivity index (χ2v) is 13.7. The molecule has 2 aliphatic heterocycles. The van der Waals surface area contributed by atoms with Gasteiger partial charge in [-0.05, 0) is 52.9 Å². The number of fused-ring (bicyclic) bond motifs is 2. The van der Waals surface area contributed by atoms with Gasteiger partial charge in [0.15, 0.2) is 11.6 Å². The Morgan fingerprint density at radius 1 is 0.717 bits per heavy atom. The van der Waals surface area contributed by atoms with E-state index in [0.29, 0.717) is 16.1 Å². The van der Waals surface area contributed by atoms with Gasteiger partial charge in [0.05, 0.1) is 39.6 Å². The maximum atomic E-state index is 15.3. The Kier molecular flexibility index (Phi) is 11.5. The molecule has 0 radical (unpaired) electrons. The minimum atomic E-state index is -1.62. The van der Waals surface area contributed by atoms with Gasteiger partial charge in [0.25, 0.3) is 0 Å². The summed E-state index contributed by atoms with van der Waals surface area (Å²) in [6.07, 6.45) is -2.62. The molecular weight excluding hydrogens is 702 g/mol. The number of hydrogen-bond donors (Lipinski definition) is 1. The third-order valence-electron chi connectivity index (χ3n) is 9.73. The van der Waals surface area contributed by atoms with Crippen LogP contribution in [0.1, 0.15) is 40.3 Å². The summed E-state index contributed by atoms with van der Waals surface area (Å²) in [7, 11) is 0. The summed E-state index contributed by atoms with van der Waals surface area (Å²) in [5.74, 6) is -3.86. The molecule has 2 heterocycles. The van der Waals surface area contributed by atoms with Crippen LogP contribution in [0.4, 0.5) is 8.78 Å². The van der Waals surface area contributed by atoms with E-state index in [1.165, 1.54) is 12.1 Å². The Bertz CT molecular complexity index is 1970. The molecule has 2 aliphatic rings. The van der Waals surface area contributed by atoms with Crippen molar-refractivity contribution in [3.8, 4) is 5.75 Å². The van der Waals surface area contributed by atoms with Crippen LogP contribution in [0.25, 0.3) is 0 Å². The Labute approximate surface area is 313 Å². The van der Waals surface area contributed by atoms with Gasteiger partial charge in [-0.2, -0.15) is 4.39 Å². The lowest BCUT2D eigenvalue weighted by Crippen LogP contribution is -2.67. The van der Waals surface area contributed by atoms with Gasteiger partial charge in [0.2, 0.25) is 11.6 Å². The van der Waals surface area contributed by atoms with Gasteiger partial charge in [-0.15, -0.1) is 0 Å². The zero-order chi connectivity index (χ0) is 36.8. The third-order valence-corrected chi connectivity index (χ3v) is 10.1. The van der Waals surface area contributed by atoms with Crippen LogP contribution in [0.2, 0.25) is 5.02 Å². The van der Waals surface area contributed by atoms with Crippen molar-refractivity contribution in [2.24, 2.45) is 0 Å². The second-order valence-electron chi connectivity index (χ2n) is 13.2. The molecule has 0 spiro atoms. The molecule has 2 fully saturated rings. The topological polar surface area (TPSA) is 75.6 Å². The second kappa shape index (κ2) is 16.4. The van der Waals surface area contributed by atoms with E-state index < -0.39 is 47.9 Å². The molecule has 5 aromatic carbocycles. The normalized spacial score (nSPS) is 23.6. The molecule has 7 rings (SSSR count). The number of rotatable bonds is 15. The molecule has 2 unspecified atom stereocenters. The lowest BCUT2D eigenvalue weighted by molar-refractivity contribution is -0.353. The Balaban J connectivity index is 1.30. The van der Waals surface area contributed by atoms with E-state index in [2.05, 4.69) is 0 Å². The van der Waals surface area contributed by atoms with Crippen LogP contribution in [-0.2, 0) is 55.7 Å². The van der Waals surface area contributed by atoms with Gasteiger partial charge in [0.1, 0.15) is 23.9 Å². The molecule has 0 saturated carbocycles. The molecule has 0 amide bonds. The highest BCUT2D eigenvalue weighted by Crippen LogP contribution is 2.53. The van der Waals surface area contributed by atoms with Crippen molar-refractivity contribution in [2.45, 2.75) is 62.9 Å². The summed E-state index contributed by atoms with van der Waals surface area (Å²) < 4.78 is 69.3. The molecule has 0 aliphatic carbocycles. The molecule has 10 heteroatoms. The van der Waals surface area contributed by atoms with E-state index in [1.807, 2.05) is 91.0 Å². The van der Waals surface area contributed by atoms with Crippen LogP contribution in [0.15, 0.2) is 121 Å². The van der Waals surface area contributed by atoms with Gasteiger partial charge in [-0.25, -0.2) is 4.39 Å². The fourth-order valence-electron chi connectivity index (χ4n) is 7.04. The number of hydrogen-bond acceptors (Lipinski definition) is 7. The summed E-state index contributed by atoms with van der Waals surface area (Å²) >= 11 is 6.72. The fourth-order valence-corrected chi connectivity index (χ4v) is 7.22. The smallest absolute Gasteiger partial charge is 0.225 e. The van der Waals surface area contributed by atoms with Crippen LogP contribution >= 0.6 is 11.6 Å². The van der Waals surface area contributed by atoms with Crippen LogP contribution in [0.5, 0.6) is 5.75 Å². The summed E-state index contributed by atoms with van der Waals surface area (Å²) in [6.45, 7) is 2.02. The van der Waals surface area contributed by atoms with Crippen molar-refractivity contribution < 1.29 is 42.3 Å². The molecule has 5 aromatic rings. The minimum absolute atomic E-state index is 0.0324. The Morgan fingerprint density at radius 2 is 1.30 bits per heavy atom. The highest BCUT2D eigenvalue weighted by atomic mass is 35.5. The molecule has 2 saturated heterocycles. The van der Waals surface area contributed by atoms with Gasteiger partial charge < -0.3 is 33.5 Å². The first kappa shape index (κ1) is 37.1. The first-order chi connectivity index (χ1) is 25.9. The quantitative estimate of drug-likeness (QED) is 0.116. The Hall–Kier alpha value is -4.19. The summed E-state index contributed by atoms with van der Waals surface area (Å²) in [6, 6.07) is 37.2. The molecule has 1 N–H and O–H groups in total. The fraction of sp³-hybridized carbons (Fsp3) is 0.302. The van der Waals surface area contributed by atoms with Crippen LogP contribution in [0, 0.1) is 11.6 Å². The van der Waals surface area contributed by atoms with Gasteiger partial charge in [0, 0.05) is 17.0 Å². The summed E-state index contributed by atoms with van der Waals surface area (Å²) in [5.41, 5.74) is 2.52. The van der Waals surface area contributed by atoms with E-state index in [9.17, 15) is 9.50 Å². The predicted octanol–water partition coefficient (Wildman–Crippen LogP) is 8.31. The van der Waals surface area contributed by atoms with Crippen molar-refractivity contribution in [3.05, 3.63) is 171 Å². The largest absolute Gasteiger partial charge is 0.491 e. The monoisotopic (exact) mass is 742 g/mol. The van der Waals surface area contributed by atoms with Crippen molar-refractivity contribution in [1.82, 2.24) is 0 Å². The maximum Gasteiger partial charge on any atom is 0.225 e. The van der Waals surface area contributed by atoms with Gasteiger partial charge in [-0.1, -0.05) is 115 Å². The number of halogens is 3. The summed E-state index contributed by atoms with van der Waals surface area (Å²) in [5, 5.41) is 11.5. The lowest BCUT2D eigenvalue weighted by atomic mass is 9.83. The van der Waals surface area contributed by atoms with Crippen molar-refractivity contribution >= 4 is 11.6 Å². The number of ether oxygens (including phenoxy) is 6. The van der Waals surface area contributed by atoms with Crippen molar-refractivity contribution in [1.29, 1.82) is 0 Å². The molecule has 7 nitrogen and oxygen atoms in total. The molecule has 0 aromatic heterocycles. The zero-order valence-electron chi connectivity index (χ0n) is 29.3. The molecule has 276 valence electrons. The molecule has 53 heavy (non-hydrogen) atoms. The standard InChI is InChI=1S/C43H41ClF2O7/c1-2-48-36-21-18-32(37(45)38(36)46)22-33-23-34(19-20-35(33)44)43-41(51-26-31-16-10-5-11-17-31)39(49-24-29-12-6-3-7-13-29)40(42(27-47,53-43)28-52-43)50-25-30-14-8-4-9-15-30/h3-21,23,39-41,47H,2,22,24-28H2,1H3/t39-,40-,41+,42?,43?/m0/s1. The van der Waals surface area contributed by atoms with Gasteiger partial charge in [-0.3, -0.25) is 0 Å². The van der Waals surface area contributed by atoms with Crippen molar-refractivity contribution in [2.75, 3.05) is 19.8 Å². The first-order valence-electron chi connectivity index (χ1n) is 17.7. The van der Waals surface area contributed by atoms with Crippen molar-refractivity contribution in [3.63, 3.8) is 0 Å². The highest BCUT2D eigenvalue weighted by molar-refractivity contribution is 6.31. The maximum absolute atomic E-state index is 15.3. The average molecular weight is 743 g/mol. The number of aliphatic hydroxyl groups is 1. The SMILES string of the molecule is CCOc1ccc(Cc2cc(C34OCC(CO)(O3)[C@@H](OCc3ccccc3)[C@H](OCc3ccccc3)[C@H]4OCc3ccccc3)ccc2Cl)c(F)c1F. The molecule has 5 atom stereocenters. The van der Waals surface area contributed by atoms with Crippen LogP contribution < -0.4 is 4.74 Å². The average Bonchev–Trinajstić information content (AvgIpc) is 3.55. The van der Waals surface area contributed by atoms with E-state index in [4.69, 9.17) is 40.0 Å². The zero-order valence-corrected chi connectivity index (χ0v) is 30.0. The number of aliphatic hydroxyl groups excluding tert-OH is 1. The minimum Gasteiger partial charge on any atom is -0.491 e. The summed E-state index contributed by atoms with van der Waals surface area (Å²) in [4.78, 5) is 0. The van der Waals surface area contributed by atoms with Crippen LogP contribution in [0.3, 0.4) is 0 Å². The third kappa shape index (κ3) is 7.75.